The van der Waals surface area contributed by atoms with Gasteiger partial charge in [-0.3, -0.25) is 4.79 Å². The Morgan fingerprint density at radius 1 is 0.935 bits per heavy atom. The highest BCUT2D eigenvalue weighted by Gasteiger charge is 2.14. The molecule has 6 nitrogen and oxygen atoms in total. The van der Waals surface area contributed by atoms with Crippen molar-refractivity contribution in [1.82, 2.24) is 18.9 Å². The summed E-state index contributed by atoms with van der Waals surface area (Å²) >= 11 is 2.42. The number of benzene rings is 3. The van der Waals surface area contributed by atoms with Crippen molar-refractivity contribution >= 4 is 56.9 Å². The number of carbonyl (C=O) groups is 1. The topological polar surface area (TPSA) is 80.7 Å². The van der Waals surface area contributed by atoms with Crippen LogP contribution in [0.5, 0.6) is 0 Å². The Kier molecular flexibility index (Phi) is 5.27. The number of hydrogen-bond acceptors (Lipinski definition) is 7. The lowest BCUT2D eigenvalue weighted by molar-refractivity contribution is -0.113. The summed E-state index contributed by atoms with van der Waals surface area (Å²) < 4.78 is 21.7. The van der Waals surface area contributed by atoms with Gasteiger partial charge >= 0.3 is 0 Å². The Labute approximate surface area is 184 Å². The van der Waals surface area contributed by atoms with Crippen molar-refractivity contribution < 1.29 is 9.18 Å². The van der Waals surface area contributed by atoms with Gasteiger partial charge in [-0.15, -0.1) is 10.2 Å². The molecule has 0 fully saturated rings. The number of aromatic nitrogens is 4. The molecule has 1 N–H and O–H groups in total. The van der Waals surface area contributed by atoms with Gasteiger partial charge in [0.25, 0.3) is 0 Å². The zero-order chi connectivity index (χ0) is 21.2. The van der Waals surface area contributed by atoms with E-state index < -0.39 is 0 Å². The van der Waals surface area contributed by atoms with E-state index in [2.05, 4.69) is 24.3 Å². The second kappa shape index (κ2) is 8.37. The van der Waals surface area contributed by atoms with E-state index in [4.69, 9.17) is 0 Å². The number of thioether (sulfide) groups is 1. The van der Waals surface area contributed by atoms with Crippen LogP contribution in [-0.4, -0.2) is 30.6 Å². The van der Waals surface area contributed by atoms with Gasteiger partial charge in [0.1, 0.15) is 27.6 Å². The van der Waals surface area contributed by atoms with Crippen molar-refractivity contribution in [3.8, 4) is 11.3 Å². The Morgan fingerprint density at radius 2 is 1.74 bits per heavy atom. The third-order valence-corrected chi connectivity index (χ3v) is 6.20. The van der Waals surface area contributed by atoms with Crippen molar-refractivity contribution in [3.05, 3.63) is 72.5 Å². The Balaban J connectivity index is 1.38. The lowest BCUT2D eigenvalue weighted by Gasteiger charge is -2.09. The number of halogens is 1. The molecule has 0 saturated carbocycles. The van der Waals surface area contributed by atoms with E-state index in [0.29, 0.717) is 21.9 Å². The molecule has 0 aliphatic rings. The summed E-state index contributed by atoms with van der Waals surface area (Å²) in [6.07, 6.45) is 0. The van der Waals surface area contributed by atoms with Crippen LogP contribution >= 0.6 is 23.5 Å². The molecule has 1 amide bonds. The normalized spacial score (nSPS) is 11.1. The Morgan fingerprint density at radius 3 is 2.58 bits per heavy atom. The summed E-state index contributed by atoms with van der Waals surface area (Å²) in [5.41, 5.74) is 3.53. The monoisotopic (exact) mass is 447 g/mol. The quantitative estimate of drug-likeness (QED) is 0.374. The smallest absolute Gasteiger partial charge is 0.234 e. The third-order valence-electron chi connectivity index (χ3n) is 4.67. The molecule has 0 spiro atoms. The first-order valence-electron chi connectivity index (χ1n) is 9.34. The van der Waals surface area contributed by atoms with E-state index in [0.717, 1.165) is 33.6 Å². The first-order valence-corrected chi connectivity index (χ1v) is 11.1. The van der Waals surface area contributed by atoms with Crippen LogP contribution in [0.25, 0.3) is 33.1 Å². The van der Waals surface area contributed by atoms with Crippen LogP contribution < -0.4 is 5.32 Å². The molecule has 0 radical (unpaired) electrons. The third kappa shape index (κ3) is 3.97. The van der Waals surface area contributed by atoms with E-state index in [1.807, 2.05) is 36.4 Å². The van der Waals surface area contributed by atoms with Gasteiger partial charge in [-0.1, -0.05) is 42.1 Å². The number of nitrogens with one attached hydrogen (secondary N) is 1. The summed E-state index contributed by atoms with van der Waals surface area (Å²) in [6.45, 7) is 0. The standard InChI is InChI=1S/C22H14FN5OS2/c23-14-10-8-13(9-11-14)20-15-4-1-2-5-16(15)22(26-25-20)30-12-19(29)24-17-6-3-7-18-21(17)28-31-27-18/h1-11H,12H2,(H,24,29). The molecule has 5 aromatic rings. The van der Waals surface area contributed by atoms with Gasteiger partial charge in [-0.2, -0.15) is 8.75 Å². The van der Waals surface area contributed by atoms with Gasteiger partial charge in [0.15, 0.2) is 0 Å². The predicted molar refractivity (Wildman–Crippen MR) is 122 cm³/mol. The summed E-state index contributed by atoms with van der Waals surface area (Å²) in [6, 6.07) is 19.4. The molecular formula is C22H14FN5OS2. The molecule has 3 aromatic carbocycles. The molecule has 5 rings (SSSR count). The lowest BCUT2D eigenvalue weighted by Crippen LogP contribution is -2.14. The number of fused-ring (bicyclic) bond motifs is 2. The van der Waals surface area contributed by atoms with Crippen LogP contribution in [0.4, 0.5) is 10.1 Å². The molecule has 0 bridgehead atoms. The van der Waals surface area contributed by atoms with Crippen molar-refractivity contribution in [3.63, 3.8) is 0 Å². The summed E-state index contributed by atoms with van der Waals surface area (Å²) in [5.74, 6) is -0.301. The number of carbonyl (C=O) groups excluding carboxylic acids is 1. The minimum atomic E-state index is -0.302. The van der Waals surface area contributed by atoms with E-state index in [9.17, 15) is 9.18 Å². The van der Waals surface area contributed by atoms with E-state index in [1.54, 1.807) is 18.2 Å². The highest BCUT2D eigenvalue weighted by Crippen LogP contribution is 2.32. The van der Waals surface area contributed by atoms with Crippen LogP contribution in [0.1, 0.15) is 0 Å². The van der Waals surface area contributed by atoms with Crippen LogP contribution in [0.2, 0.25) is 0 Å². The Hall–Kier alpha value is -3.43. The first kappa shape index (κ1) is 19.5. The SMILES string of the molecule is O=C(CSc1nnc(-c2ccc(F)cc2)c2ccccc12)Nc1cccc2nsnc12. The highest BCUT2D eigenvalue weighted by molar-refractivity contribution is 8.00. The molecule has 2 heterocycles. The largest absolute Gasteiger partial charge is 0.323 e. The fourth-order valence-corrected chi connectivity index (χ4v) is 4.56. The molecule has 0 aliphatic heterocycles. The maximum atomic E-state index is 13.3. The molecular weight excluding hydrogens is 433 g/mol. The second-order valence-electron chi connectivity index (χ2n) is 6.68. The van der Waals surface area contributed by atoms with Crippen molar-refractivity contribution in [2.45, 2.75) is 5.03 Å². The molecule has 2 aromatic heterocycles. The predicted octanol–water partition coefficient (Wildman–Crippen LogP) is 5.17. The fourth-order valence-electron chi connectivity index (χ4n) is 3.23. The maximum absolute atomic E-state index is 13.3. The van der Waals surface area contributed by atoms with Crippen molar-refractivity contribution in [2.75, 3.05) is 11.1 Å². The summed E-state index contributed by atoms with van der Waals surface area (Å²) in [5, 5.41) is 14.0. The molecule has 9 heteroatoms. The maximum Gasteiger partial charge on any atom is 0.234 e. The number of nitrogens with zero attached hydrogens (tertiary/aromatic N) is 4. The molecule has 0 atom stereocenters. The highest BCUT2D eigenvalue weighted by atomic mass is 32.2. The molecule has 0 unspecified atom stereocenters. The molecule has 0 saturated heterocycles. The summed E-state index contributed by atoms with van der Waals surface area (Å²) in [4.78, 5) is 12.5. The van der Waals surface area contributed by atoms with Gasteiger partial charge in [0, 0.05) is 16.3 Å². The van der Waals surface area contributed by atoms with Crippen molar-refractivity contribution in [1.29, 1.82) is 0 Å². The zero-order valence-electron chi connectivity index (χ0n) is 15.9. The van der Waals surface area contributed by atoms with Crippen molar-refractivity contribution in [2.24, 2.45) is 0 Å². The van der Waals surface area contributed by atoms with Crippen LogP contribution in [0.15, 0.2) is 71.8 Å². The summed E-state index contributed by atoms with van der Waals surface area (Å²) in [7, 11) is 0. The average Bonchev–Trinajstić information content (AvgIpc) is 3.28. The Bertz CT molecular complexity index is 1400. The number of hydrogen-bond donors (Lipinski definition) is 1. The second-order valence-corrected chi connectivity index (χ2v) is 8.17. The fraction of sp³-hybridized carbons (Fsp3) is 0.0455. The minimum absolute atomic E-state index is 0.168. The van der Waals surface area contributed by atoms with Crippen LogP contribution in [0, 0.1) is 5.82 Å². The van der Waals surface area contributed by atoms with E-state index in [1.165, 1.54) is 23.9 Å². The van der Waals surface area contributed by atoms with Gasteiger partial charge < -0.3 is 5.32 Å². The number of rotatable bonds is 5. The van der Waals surface area contributed by atoms with Gasteiger partial charge in [0.05, 0.1) is 23.2 Å². The van der Waals surface area contributed by atoms with E-state index >= 15 is 0 Å². The van der Waals surface area contributed by atoms with Crippen LogP contribution in [-0.2, 0) is 4.79 Å². The minimum Gasteiger partial charge on any atom is -0.323 e. The van der Waals surface area contributed by atoms with Gasteiger partial charge in [0.2, 0.25) is 5.91 Å². The molecule has 0 aliphatic carbocycles. The molecule has 31 heavy (non-hydrogen) atoms. The van der Waals surface area contributed by atoms with E-state index in [-0.39, 0.29) is 17.5 Å². The zero-order valence-corrected chi connectivity index (χ0v) is 17.6. The average molecular weight is 448 g/mol. The van der Waals surface area contributed by atoms with Crippen LogP contribution in [0.3, 0.4) is 0 Å². The molecule has 152 valence electrons. The lowest BCUT2D eigenvalue weighted by atomic mass is 10.1. The number of amides is 1. The van der Waals surface area contributed by atoms with Gasteiger partial charge in [-0.25, -0.2) is 4.39 Å². The van der Waals surface area contributed by atoms with Gasteiger partial charge in [-0.05, 0) is 36.4 Å². The first-order chi connectivity index (χ1) is 15.2. The number of anilines is 1.